The molecule has 31 heavy (non-hydrogen) atoms. The molecule has 1 amide bonds. The molecule has 3 aromatic rings. The van der Waals surface area contributed by atoms with E-state index in [4.69, 9.17) is 11.6 Å². The van der Waals surface area contributed by atoms with E-state index in [0.717, 1.165) is 0 Å². The van der Waals surface area contributed by atoms with Crippen LogP contribution in [-0.2, 0) is 9.59 Å². The molecule has 0 radical (unpaired) electrons. The van der Waals surface area contributed by atoms with E-state index >= 15 is 0 Å². The van der Waals surface area contributed by atoms with Gasteiger partial charge in [0.25, 0.3) is 17.4 Å². The molecule has 1 fully saturated rings. The molecular formula is C23H15ClN2O5. The van der Waals surface area contributed by atoms with Crippen molar-refractivity contribution in [1.29, 1.82) is 0 Å². The molecule has 8 heteroatoms. The van der Waals surface area contributed by atoms with Gasteiger partial charge in [0.15, 0.2) is 0 Å². The fourth-order valence-corrected chi connectivity index (χ4v) is 3.70. The van der Waals surface area contributed by atoms with Crippen molar-refractivity contribution in [2.24, 2.45) is 0 Å². The summed E-state index contributed by atoms with van der Waals surface area (Å²) >= 11 is 5.96. The number of benzene rings is 3. The number of aliphatic hydroxyl groups is 1. The molecule has 1 saturated heterocycles. The molecule has 4 rings (SSSR count). The number of ketones is 1. The number of carbonyl (C=O) groups is 2. The van der Waals surface area contributed by atoms with Crippen molar-refractivity contribution >= 4 is 40.4 Å². The van der Waals surface area contributed by atoms with E-state index in [1.165, 1.54) is 23.1 Å². The summed E-state index contributed by atoms with van der Waals surface area (Å²) in [7, 11) is 0. The SMILES string of the molecule is O=C1C(=O)N(c2ccc(Cl)cc2)C(c2cccc([N+](=O)[O-])c2)/C1=C(/O)c1ccccc1. The van der Waals surface area contributed by atoms with Crippen LogP contribution >= 0.6 is 11.6 Å². The molecule has 1 heterocycles. The van der Waals surface area contributed by atoms with Crippen molar-refractivity contribution in [3.63, 3.8) is 0 Å². The van der Waals surface area contributed by atoms with Gasteiger partial charge in [0.2, 0.25) is 0 Å². The highest BCUT2D eigenvalue weighted by Gasteiger charge is 2.47. The maximum atomic E-state index is 13.0. The predicted octanol–water partition coefficient (Wildman–Crippen LogP) is 4.87. The Kier molecular flexibility index (Phi) is 5.27. The van der Waals surface area contributed by atoms with Crippen LogP contribution in [-0.4, -0.2) is 21.7 Å². The number of aliphatic hydroxyl groups excluding tert-OH is 1. The highest BCUT2D eigenvalue weighted by atomic mass is 35.5. The van der Waals surface area contributed by atoms with Gasteiger partial charge in [0, 0.05) is 28.4 Å². The first-order chi connectivity index (χ1) is 14.9. The fraction of sp³-hybridized carbons (Fsp3) is 0.0435. The molecule has 1 aliphatic heterocycles. The van der Waals surface area contributed by atoms with Crippen molar-refractivity contribution in [1.82, 2.24) is 0 Å². The van der Waals surface area contributed by atoms with E-state index in [9.17, 15) is 24.8 Å². The Balaban J connectivity index is 1.97. The second-order valence-electron chi connectivity index (χ2n) is 6.86. The van der Waals surface area contributed by atoms with E-state index in [1.54, 1.807) is 60.7 Å². The molecular weight excluding hydrogens is 420 g/mol. The van der Waals surface area contributed by atoms with Crippen LogP contribution in [0.25, 0.3) is 5.76 Å². The highest BCUT2D eigenvalue weighted by Crippen LogP contribution is 2.42. The highest BCUT2D eigenvalue weighted by molar-refractivity contribution is 6.51. The van der Waals surface area contributed by atoms with E-state index in [0.29, 0.717) is 21.8 Å². The van der Waals surface area contributed by atoms with Gasteiger partial charge in [-0.05, 0) is 29.8 Å². The van der Waals surface area contributed by atoms with Crippen molar-refractivity contribution < 1.29 is 19.6 Å². The molecule has 3 aromatic carbocycles. The topological polar surface area (TPSA) is 101 Å². The normalized spacial score (nSPS) is 17.7. The number of nitro groups is 1. The quantitative estimate of drug-likeness (QED) is 0.207. The lowest BCUT2D eigenvalue weighted by Crippen LogP contribution is -2.29. The monoisotopic (exact) mass is 434 g/mol. The largest absolute Gasteiger partial charge is 0.507 e. The van der Waals surface area contributed by atoms with Gasteiger partial charge in [0.05, 0.1) is 16.5 Å². The average Bonchev–Trinajstić information content (AvgIpc) is 3.05. The number of nitrogens with zero attached hydrogens (tertiary/aromatic N) is 2. The van der Waals surface area contributed by atoms with Gasteiger partial charge in [0.1, 0.15) is 5.76 Å². The first-order valence-corrected chi connectivity index (χ1v) is 9.62. The Morgan fingerprint density at radius 2 is 1.65 bits per heavy atom. The number of anilines is 1. The summed E-state index contributed by atoms with van der Waals surface area (Å²) in [4.78, 5) is 38.0. The van der Waals surface area contributed by atoms with Crippen LogP contribution in [0.4, 0.5) is 11.4 Å². The minimum absolute atomic E-state index is 0.147. The third-order valence-electron chi connectivity index (χ3n) is 4.99. The third kappa shape index (κ3) is 3.67. The molecule has 0 aromatic heterocycles. The number of amides is 1. The molecule has 0 aliphatic carbocycles. The Hall–Kier alpha value is -3.97. The molecule has 1 aliphatic rings. The first kappa shape index (κ1) is 20.3. The molecule has 7 nitrogen and oxygen atoms in total. The molecule has 0 saturated carbocycles. The number of carbonyl (C=O) groups excluding carboxylic acids is 2. The van der Waals surface area contributed by atoms with Crippen LogP contribution in [0.3, 0.4) is 0 Å². The van der Waals surface area contributed by atoms with Crippen LogP contribution in [0.2, 0.25) is 5.02 Å². The number of non-ortho nitro benzene ring substituents is 1. The Morgan fingerprint density at radius 3 is 2.29 bits per heavy atom. The lowest BCUT2D eigenvalue weighted by atomic mass is 9.95. The Labute approximate surface area is 182 Å². The smallest absolute Gasteiger partial charge is 0.300 e. The maximum Gasteiger partial charge on any atom is 0.300 e. The van der Waals surface area contributed by atoms with Gasteiger partial charge in [-0.25, -0.2) is 0 Å². The summed E-state index contributed by atoms with van der Waals surface area (Å²) in [6, 6.07) is 19.2. The lowest BCUT2D eigenvalue weighted by Gasteiger charge is -2.25. The molecule has 1 atom stereocenters. The zero-order chi connectivity index (χ0) is 22.1. The summed E-state index contributed by atoms with van der Waals surface area (Å²) < 4.78 is 0. The summed E-state index contributed by atoms with van der Waals surface area (Å²) in [5.41, 5.74) is 0.702. The molecule has 154 valence electrons. The van der Waals surface area contributed by atoms with Crippen molar-refractivity contribution in [3.8, 4) is 0 Å². The van der Waals surface area contributed by atoms with Gasteiger partial charge in [-0.2, -0.15) is 0 Å². The summed E-state index contributed by atoms with van der Waals surface area (Å²) in [5, 5.41) is 22.7. The fourth-order valence-electron chi connectivity index (χ4n) is 3.58. The van der Waals surface area contributed by atoms with Gasteiger partial charge in [-0.15, -0.1) is 0 Å². The average molecular weight is 435 g/mol. The first-order valence-electron chi connectivity index (χ1n) is 9.25. The molecule has 1 N–H and O–H groups in total. The zero-order valence-corrected chi connectivity index (χ0v) is 16.7. The molecule has 0 spiro atoms. The number of hydrogen-bond acceptors (Lipinski definition) is 5. The summed E-state index contributed by atoms with van der Waals surface area (Å²) in [6.45, 7) is 0. The van der Waals surface area contributed by atoms with E-state index in [2.05, 4.69) is 0 Å². The van der Waals surface area contributed by atoms with Crippen LogP contribution in [0.15, 0.2) is 84.4 Å². The van der Waals surface area contributed by atoms with Gasteiger partial charge in [-0.1, -0.05) is 54.1 Å². The number of Topliss-reactive ketones (excluding diaryl/α,β-unsaturated/α-hetero) is 1. The number of hydrogen-bond donors (Lipinski definition) is 1. The zero-order valence-electron chi connectivity index (χ0n) is 15.9. The van der Waals surface area contributed by atoms with E-state index in [-0.39, 0.29) is 17.0 Å². The molecule has 0 bridgehead atoms. The number of nitro benzene ring substituents is 1. The second-order valence-corrected chi connectivity index (χ2v) is 7.30. The van der Waals surface area contributed by atoms with Crippen molar-refractivity contribution in [3.05, 3.63) is 111 Å². The molecule has 1 unspecified atom stereocenters. The van der Waals surface area contributed by atoms with Crippen LogP contribution in [0.1, 0.15) is 17.2 Å². The second kappa shape index (κ2) is 8.04. The minimum Gasteiger partial charge on any atom is -0.507 e. The minimum atomic E-state index is -1.05. The maximum absolute atomic E-state index is 13.0. The van der Waals surface area contributed by atoms with Gasteiger partial charge < -0.3 is 5.11 Å². The number of rotatable bonds is 4. The van der Waals surface area contributed by atoms with Crippen LogP contribution in [0.5, 0.6) is 0 Å². The number of halogens is 1. The predicted molar refractivity (Wildman–Crippen MR) is 116 cm³/mol. The Bertz CT molecular complexity index is 1220. The summed E-state index contributed by atoms with van der Waals surface area (Å²) in [6.07, 6.45) is 0. The van der Waals surface area contributed by atoms with E-state index < -0.39 is 22.7 Å². The van der Waals surface area contributed by atoms with Gasteiger partial charge >= 0.3 is 0 Å². The van der Waals surface area contributed by atoms with E-state index in [1.807, 2.05) is 0 Å². The summed E-state index contributed by atoms with van der Waals surface area (Å²) in [5.74, 6) is -2.09. The third-order valence-corrected chi connectivity index (χ3v) is 5.25. The van der Waals surface area contributed by atoms with Gasteiger partial charge in [-0.3, -0.25) is 24.6 Å². The van der Waals surface area contributed by atoms with Crippen molar-refractivity contribution in [2.45, 2.75) is 6.04 Å². The standard InChI is InChI=1S/C23H15ClN2O5/c24-16-9-11-17(12-10-16)25-20(15-7-4-8-18(13-15)26(30)31)19(22(28)23(25)29)21(27)14-5-2-1-3-6-14/h1-13,20,27H/b21-19-. The lowest BCUT2D eigenvalue weighted by molar-refractivity contribution is -0.384. The van der Waals surface area contributed by atoms with Crippen LogP contribution < -0.4 is 4.90 Å². The van der Waals surface area contributed by atoms with Crippen LogP contribution in [0, 0.1) is 10.1 Å². The van der Waals surface area contributed by atoms with Crippen molar-refractivity contribution in [2.75, 3.05) is 4.90 Å². The Morgan fingerprint density at radius 1 is 0.968 bits per heavy atom.